The number of hydrogen-bond donors (Lipinski definition) is 1. The molecule has 1 atom stereocenters. The Hall–Kier alpha value is -3.19. The molecule has 0 fully saturated rings. The zero-order valence-corrected chi connectivity index (χ0v) is 17.2. The van der Waals surface area contributed by atoms with Crippen LogP contribution in [0.3, 0.4) is 0 Å². The van der Waals surface area contributed by atoms with Gasteiger partial charge in [0.2, 0.25) is 5.91 Å². The van der Waals surface area contributed by atoms with Crippen molar-refractivity contribution in [3.63, 3.8) is 0 Å². The Balaban J connectivity index is 1.65. The molecule has 1 aliphatic rings. The van der Waals surface area contributed by atoms with Crippen LogP contribution in [0.1, 0.15) is 40.9 Å². The van der Waals surface area contributed by atoms with Crippen molar-refractivity contribution in [2.45, 2.75) is 25.8 Å². The second kappa shape index (κ2) is 10.0. The van der Waals surface area contributed by atoms with E-state index in [2.05, 4.69) is 5.32 Å². The number of methoxy groups -OCH3 is 1. The van der Waals surface area contributed by atoms with E-state index in [1.54, 1.807) is 24.3 Å². The summed E-state index contributed by atoms with van der Waals surface area (Å²) in [6, 6.07) is 13.6. The number of carbonyl (C=O) groups excluding carboxylic acids is 3. The number of nitrogens with one attached hydrogen (secondary N) is 1. The number of rotatable bonds is 7. The molecular weight excluding hydrogens is 384 g/mol. The number of nitrogens with zero attached hydrogens (tertiary/aromatic N) is 1. The van der Waals surface area contributed by atoms with E-state index in [0.717, 1.165) is 24.0 Å². The third kappa shape index (κ3) is 5.04. The summed E-state index contributed by atoms with van der Waals surface area (Å²) in [5, 5.41) is 2.82. The molecule has 0 saturated heterocycles. The molecule has 1 amide bonds. The van der Waals surface area contributed by atoms with Crippen LogP contribution in [0.15, 0.2) is 48.5 Å². The highest BCUT2D eigenvalue weighted by molar-refractivity contribution is 5.94. The molecule has 158 valence electrons. The van der Waals surface area contributed by atoms with E-state index >= 15 is 0 Å². The highest BCUT2D eigenvalue weighted by Crippen LogP contribution is 2.30. The largest absolute Gasteiger partial charge is 0.468 e. The highest BCUT2D eigenvalue weighted by Gasteiger charge is 2.34. The summed E-state index contributed by atoms with van der Waals surface area (Å²) in [6.07, 6.45) is 1.51. The average Bonchev–Trinajstić information content (AvgIpc) is 2.77. The second-order valence-electron chi connectivity index (χ2n) is 7.11. The first-order valence-corrected chi connectivity index (χ1v) is 10.00. The Bertz CT molecular complexity index is 910. The SMILES string of the molecule is CCCOC(=O)c1ccc(NC(=O)CN2CCc3ccccc3[C@H]2C(=O)OC)cc1. The van der Waals surface area contributed by atoms with Gasteiger partial charge in [0.1, 0.15) is 6.04 Å². The highest BCUT2D eigenvalue weighted by atomic mass is 16.5. The molecule has 2 aromatic carbocycles. The van der Waals surface area contributed by atoms with Crippen LogP contribution in [-0.4, -0.2) is 49.6 Å². The van der Waals surface area contributed by atoms with Crippen molar-refractivity contribution in [2.75, 3.05) is 32.1 Å². The van der Waals surface area contributed by atoms with Crippen molar-refractivity contribution >= 4 is 23.5 Å². The van der Waals surface area contributed by atoms with Crippen LogP contribution in [0.4, 0.5) is 5.69 Å². The first kappa shape index (κ1) is 21.5. The molecule has 0 bridgehead atoms. The van der Waals surface area contributed by atoms with E-state index < -0.39 is 6.04 Å². The van der Waals surface area contributed by atoms with Gasteiger partial charge in [0.05, 0.1) is 25.8 Å². The third-order valence-electron chi connectivity index (χ3n) is 5.00. The van der Waals surface area contributed by atoms with Gasteiger partial charge in [-0.05, 0) is 48.2 Å². The van der Waals surface area contributed by atoms with Gasteiger partial charge in [-0.25, -0.2) is 9.59 Å². The predicted octanol–water partition coefficient (Wildman–Crippen LogP) is 2.96. The number of carbonyl (C=O) groups is 3. The molecule has 0 unspecified atom stereocenters. The normalized spacial score (nSPS) is 15.7. The molecule has 7 nitrogen and oxygen atoms in total. The van der Waals surface area contributed by atoms with Crippen molar-refractivity contribution in [3.8, 4) is 0 Å². The zero-order valence-electron chi connectivity index (χ0n) is 17.2. The number of anilines is 1. The number of fused-ring (bicyclic) bond motifs is 1. The van der Waals surface area contributed by atoms with E-state index in [0.29, 0.717) is 24.4 Å². The van der Waals surface area contributed by atoms with Gasteiger partial charge in [-0.1, -0.05) is 31.2 Å². The van der Waals surface area contributed by atoms with E-state index in [4.69, 9.17) is 9.47 Å². The fourth-order valence-corrected chi connectivity index (χ4v) is 3.53. The van der Waals surface area contributed by atoms with Gasteiger partial charge >= 0.3 is 11.9 Å². The van der Waals surface area contributed by atoms with Crippen molar-refractivity contribution in [1.82, 2.24) is 4.90 Å². The number of hydrogen-bond acceptors (Lipinski definition) is 6. The predicted molar refractivity (Wildman–Crippen MR) is 112 cm³/mol. The lowest BCUT2D eigenvalue weighted by Gasteiger charge is -2.34. The Morgan fingerprint density at radius 1 is 1.10 bits per heavy atom. The molecule has 1 heterocycles. The average molecular weight is 410 g/mol. The summed E-state index contributed by atoms with van der Waals surface area (Å²) < 4.78 is 10.1. The molecule has 2 aromatic rings. The van der Waals surface area contributed by atoms with E-state index in [1.165, 1.54) is 7.11 Å². The molecule has 7 heteroatoms. The molecule has 0 spiro atoms. The molecule has 0 aliphatic carbocycles. The quantitative estimate of drug-likeness (QED) is 0.707. The molecule has 1 N–H and O–H groups in total. The Morgan fingerprint density at radius 3 is 2.53 bits per heavy atom. The Kier molecular flexibility index (Phi) is 7.19. The molecular formula is C23H26N2O5. The van der Waals surface area contributed by atoms with E-state index in [-0.39, 0.29) is 24.4 Å². The molecule has 0 aromatic heterocycles. The standard InChI is InChI=1S/C23H26N2O5/c1-3-14-30-22(27)17-8-10-18(11-9-17)24-20(26)15-25-13-12-16-6-4-5-7-19(16)21(25)23(28)29-2/h4-11,21H,3,12-15H2,1-2H3,(H,24,26)/t21-/m0/s1. The van der Waals surface area contributed by atoms with Crippen molar-refractivity contribution < 1.29 is 23.9 Å². The van der Waals surface area contributed by atoms with Crippen molar-refractivity contribution in [3.05, 3.63) is 65.2 Å². The van der Waals surface area contributed by atoms with Gasteiger partial charge < -0.3 is 14.8 Å². The lowest BCUT2D eigenvalue weighted by atomic mass is 9.92. The van der Waals surface area contributed by atoms with Gasteiger partial charge in [-0.2, -0.15) is 0 Å². The van der Waals surface area contributed by atoms with Crippen molar-refractivity contribution in [2.24, 2.45) is 0 Å². The fourth-order valence-electron chi connectivity index (χ4n) is 3.53. The Morgan fingerprint density at radius 2 is 1.83 bits per heavy atom. The van der Waals surface area contributed by atoms with Gasteiger partial charge in [0.15, 0.2) is 0 Å². The lowest BCUT2D eigenvalue weighted by Crippen LogP contribution is -2.44. The van der Waals surface area contributed by atoms with Crippen LogP contribution in [0.25, 0.3) is 0 Å². The zero-order chi connectivity index (χ0) is 21.5. The van der Waals surface area contributed by atoms with Crippen molar-refractivity contribution in [1.29, 1.82) is 0 Å². The van der Waals surface area contributed by atoms with Crippen LogP contribution < -0.4 is 5.32 Å². The monoisotopic (exact) mass is 410 g/mol. The summed E-state index contributed by atoms with van der Waals surface area (Å²) in [4.78, 5) is 38.7. The lowest BCUT2D eigenvalue weighted by molar-refractivity contribution is -0.148. The Labute approximate surface area is 176 Å². The minimum Gasteiger partial charge on any atom is -0.468 e. The van der Waals surface area contributed by atoms with Crippen LogP contribution >= 0.6 is 0 Å². The minimum atomic E-state index is -0.610. The molecule has 1 aliphatic heterocycles. The number of benzene rings is 2. The van der Waals surface area contributed by atoms with Crippen LogP contribution in [0, 0.1) is 0 Å². The van der Waals surface area contributed by atoms with E-state index in [9.17, 15) is 14.4 Å². The topological polar surface area (TPSA) is 84.9 Å². The molecule has 3 rings (SSSR count). The van der Waals surface area contributed by atoms with Crippen LogP contribution in [-0.2, 0) is 25.5 Å². The minimum absolute atomic E-state index is 0.0500. The molecule has 30 heavy (non-hydrogen) atoms. The maximum absolute atomic E-state index is 12.6. The molecule has 0 saturated carbocycles. The smallest absolute Gasteiger partial charge is 0.338 e. The second-order valence-corrected chi connectivity index (χ2v) is 7.11. The maximum Gasteiger partial charge on any atom is 0.338 e. The van der Waals surface area contributed by atoms with Crippen LogP contribution in [0.5, 0.6) is 0 Å². The summed E-state index contributed by atoms with van der Waals surface area (Å²) in [6.45, 7) is 2.93. The number of ether oxygens (including phenoxy) is 2. The third-order valence-corrected chi connectivity index (χ3v) is 5.00. The first-order valence-electron chi connectivity index (χ1n) is 10.00. The van der Waals surface area contributed by atoms with Gasteiger partial charge in [0.25, 0.3) is 0 Å². The first-order chi connectivity index (χ1) is 14.5. The fraction of sp³-hybridized carbons (Fsp3) is 0.348. The summed E-state index contributed by atoms with van der Waals surface area (Å²) >= 11 is 0. The summed E-state index contributed by atoms with van der Waals surface area (Å²) in [5.74, 6) is -1.02. The number of amides is 1. The van der Waals surface area contributed by atoms with Gasteiger partial charge in [0, 0.05) is 12.2 Å². The van der Waals surface area contributed by atoms with E-state index in [1.807, 2.05) is 36.1 Å². The van der Waals surface area contributed by atoms with Gasteiger partial charge in [-0.15, -0.1) is 0 Å². The summed E-state index contributed by atoms with van der Waals surface area (Å²) in [5.41, 5.74) is 2.97. The van der Waals surface area contributed by atoms with Gasteiger partial charge in [-0.3, -0.25) is 9.69 Å². The summed E-state index contributed by atoms with van der Waals surface area (Å²) in [7, 11) is 1.35. The van der Waals surface area contributed by atoms with Crippen LogP contribution in [0.2, 0.25) is 0 Å². The number of esters is 2. The molecule has 0 radical (unpaired) electrons. The maximum atomic E-state index is 12.6.